The summed E-state index contributed by atoms with van der Waals surface area (Å²) in [4.78, 5) is 23.9. The minimum absolute atomic E-state index is 0.293. The molecule has 6 heteroatoms. The molecule has 0 amide bonds. The van der Waals surface area contributed by atoms with Crippen LogP contribution in [-0.4, -0.2) is 25.7 Å². The SMILES string of the molecule is CCOC(=O)c1ccc(OC(=O)c2ccccc2OC)c(Br)c1. The number of para-hydroxylation sites is 1. The van der Waals surface area contributed by atoms with E-state index in [2.05, 4.69) is 15.9 Å². The summed E-state index contributed by atoms with van der Waals surface area (Å²) in [6.07, 6.45) is 0. The minimum atomic E-state index is -0.549. The Kier molecular flexibility index (Phi) is 5.76. The number of carbonyl (C=O) groups is 2. The number of halogens is 1. The van der Waals surface area contributed by atoms with Crippen LogP contribution in [0.15, 0.2) is 46.9 Å². The summed E-state index contributed by atoms with van der Waals surface area (Å²) in [7, 11) is 1.48. The quantitative estimate of drug-likeness (QED) is 0.583. The Hall–Kier alpha value is -2.34. The Balaban J connectivity index is 2.20. The van der Waals surface area contributed by atoms with Gasteiger partial charge >= 0.3 is 11.9 Å². The summed E-state index contributed by atoms with van der Waals surface area (Å²) in [6, 6.07) is 11.4. The fraction of sp³-hybridized carbons (Fsp3) is 0.176. The largest absolute Gasteiger partial charge is 0.496 e. The third-order valence-corrected chi connectivity index (χ3v) is 3.59. The van der Waals surface area contributed by atoms with Crippen molar-refractivity contribution in [1.29, 1.82) is 0 Å². The number of benzene rings is 2. The second kappa shape index (κ2) is 7.78. The molecule has 5 nitrogen and oxygen atoms in total. The number of carbonyl (C=O) groups excluding carboxylic acids is 2. The molecular formula is C17H15BrO5. The predicted molar refractivity (Wildman–Crippen MR) is 88.1 cm³/mol. The number of rotatable bonds is 5. The first kappa shape index (κ1) is 17.0. The molecule has 2 aromatic carbocycles. The summed E-state index contributed by atoms with van der Waals surface area (Å²) in [5.41, 5.74) is 0.687. The number of esters is 2. The van der Waals surface area contributed by atoms with Gasteiger partial charge in [0.1, 0.15) is 17.1 Å². The first-order valence-corrected chi connectivity index (χ1v) is 7.68. The molecule has 0 aliphatic rings. The van der Waals surface area contributed by atoms with Crippen molar-refractivity contribution in [2.75, 3.05) is 13.7 Å². The highest BCUT2D eigenvalue weighted by molar-refractivity contribution is 9.10. The number of methoxy groups -OCH3 is 1. The van der Waals surface area contributed by atoms with Gasteiger partial charge in [0.15, 0.2) is 0 Å². The lowest BCUT2D eigenvalue weighted by molar-refractivity contribution is 0.0526. The number of hydrogen-bond acceptors (Lipinski definition) is 5. The van der Waals surface area contributed by atoms with Crippen molar-refractivity contribution in [3.05, 3.63) is 58.1 Å². The van der Waals surface area contributed by atoms with Gasteiger partial charge in [0, 0.05) is 0 Å². The lowest BCUT2D eigenvalue weighted by Gasteiger charge is -2.10. The van der Waals surface area contributed by atoms with Crippen molar-refractivity contribution < 1.29 is 23.8 Å². The molecular weight excluding hydrogens is 364 g/mol. The van der Waals surface area contributed by atoms with Crippen molar-refractivity contribution in [1.82, 2.24) is 0 Å². The van der Waals surface area contributed by atoms with Crippen LogP contribution in [0.3, 0.4) is 0 Å². The highest BCUT2D eigenvalue weighted by Gasteiger charge is 2.16. The molecule has 0 atom stereocenters. The van der Waals surface area contributed by atoms with E-state index in [4.69, 9.17) is 14.2 Å². The number of hydrogen-bond donors (Lipinski definition) is 0. The zero-order valence-electron chi connectivity index (χ0n) is 12.7. The van der Waals surface area contributed by atoms with E-state index in [0.717, 1.165) is 0 Å². The van der Waals surface area contributed by atoms with Gasteiger partial charge < -0.3 is 14.2 Å². The lowest BCUT2D eigenvalue weighted by Crippen LogP contribution is -2.11. The van der Waals surface area contributed by atoms with E-state index in [1.54, 1.807) is 37.3 Å². The van der Waals surface area contributed by atoms with Crippen LogP contribution in [0.4, 0.5) is 0 Å². The van der Waals surface area contributed by atoms with Gasteiger partial charge in [-0.25, -0.2) is 9.59 Å². The molecule has 0 heterocycles. The smallest absolute Gasteiger partial charge is 0.347 e. The Morgan fingerprint density at radius 1 is 1.04 bits per heavy atom. The van der Waals surface area contributed by atoms with Gasteiger partial charge in [-0.1, -0.05) is 12.1 Å². The highest BCUT2D eigenvalue weighted by Crippen LogP contribution is 2.28. The zero-order valence-corrected chi connectivity index (χ0v) is 14.3. The standard InChI is InChI=1S/C17H15BrO5/c1-3-22-16(19)11-8-9-15(13(18)10-11)23-17(20)12-6-4-5-7-14(12)21-2/h4-10H,3H2,1-2H3. The van der Waals surface area contributed by atoms with Gasteiger partial charge in [-0.05, 0) is 53.2 Å². The highest BCUT2D eigenvalue weighted by atomic mass is 79.9. The van der Waals surface area contributed by atoms with Gasteiger partial charge in [-0.3, -0.25) is 0 Å². The average molecular weight is 379 g/mol. The maximum Gasteiger partial charge on any atom is 0.347 e. The summed E-state index contributed by atoms with van der Waals surface area (Å²) < 4.78 is 15.9. The molecule has 0 saturated heterocycles. The molecule has 0 N–H and O–H groups in total. The van der Waals surface area contributed by atoms with E-state index in [1.165, 1.54) is 19.2 Å². The first-order valence-electron chi connectivity index (χ1n) is 6.88. The molecule has 0 radical (unpaired) electrons. The van der Waals surface area contributed by atoms with Crippen molar-refractivity contribution in [2.24, 2.45) is 0 Å². The van der Waals surface area contributed by atoms with Crippen molar-refractivity contribution in [3.8, 4) is 11.5 Å². The topological polar surface area (TPSA) is 61.8 Å². The van der Waals surface area contributed by atoms with E-state index in [1.807, 2.05) is 0 Å². The molecule has 0 aliphatic carbocycles. The van der Waals surface area contributed by atoms with Crippen LogP contribution in [0.5, 0.6) is 11.5 Å². The first-order chi connectivity index (χ1) is 11.1. The van der Waals surface area contributed by atoms with E-state index < -0.39 is 11.9 Å². The van der Waals surface area contributed by atoms with Gasteiger partial charge in [0.2, 0.25) is 0 Å². The van der Waals surface area contributed by atoms with E-state index in [9.17, 15) is 9.59 Å². The molecule has 0 aromatic heterocycles. The molecule has 0 unspecified atom stereocenters. The maximum atomic E-state index is 12.3. The average Bonchev–Trinajstić information content (AvgIpc) is 2.56. The molecule has 0 spiro atoms. The minimum Gasteiger partial charge on any atom is -0.496 e. The Morgan fingerprint density at radius 2 is 1.78 bits per heavy atom. The molecule has 23 heavy (non-hydrogen) atoms. The third-order valence-electron chi connectivity index (χ3n) is 2.97. The van der Waals surface area contributed by atoms with Crippen molar-refractivity contribution >= 4 is 27.9 Å². The summed E-state index contributed by atoms with van der Waals surface area (Å²) in [5, 5.41) is 0. The van der Waals surface area contributed by atoms with Gasteiger partial charge in [0.05, 0.1) is 23.8 Å². The van der Waals surface area contributed by atoms with Crippen molar-refractivity contribution in [3.63, 3.8) is 0 Å². The molecule has 0 fully saturated rings. The molecule has 0 saturated carbocycles. The molecule has 2 aromatic rings. The van der Waals surface area contributed by atoms with E-state index >= 15 is 0 Å². The Labute approximate surface area is 142 Å². The Bertz CT molecular complexity index is 727. The van der Waals surface area contributed by atoms with Crippen molar-refractivity contribution in [2.45, 2.75) is 6.92 Å². The maximum absolute atomic E-state index is 12.3. The molecule has 120 valence electrons. The summed E-state index contributed by atoms with van der Waals surface area (Å²) >= 11 is 3.29. The second-order valence-corrected chi connectivity index (χ2v) is 5.31. The van der Waals surface area contributed by atoms with Crippen LogP contribution in [0.25, 0.3) is 0 Å². The van der Waals surface area contributed by atoms with Gasteiger partial charge in [-0.2, -0.15) is 0 Å². The fourth-order valence-electron chi connectivity index (χ4n) is 1.89. The normalized spacial score (nSPS) is 10.0. The van der Waals surface area contributed by atoms with E-state index in [0.29, 0.717) is 33.7 Å². The van der Waals surface area contributed by atoms with E-state index in [-0.39, 0.29) is 0 Å². The molecule has 0 bridgehead atoms. The van der Waals surface area contributed by atoms with Crippen LogP contribution in [0, 0.1) is 0 Å². The molecule has 2 rings (SSSR count). The van der Waals surface area contributed by atoms with Gasteiger partial charge in [-0.15, -0.1) is 0 Å². The van der Waals surface area contributed by atoms with Crippen LogP contribution in [0.2, 0.25) is 0 Å². The van der Waals surface area contributed by atoms with Crippen LogP contribution < -0.4 is 9.47 Å². The fourth-order valence-corrected chi connectivity index (χ4v) is 2.35. The van der Waals surface area contributed by atoms with Gasteiger partial charge in [0.25, 0.3) is 0 Å². The molecule has 0 aliphatic heterocycles. The monoisotopic (exact) mass is 378 g/mol. The third kappa shape index (κ3) is 4.10. The predicted octanol–water partition coefficient (Wildman–Crippen LogP) is 3.85. The van der Waals surface area contributed by atoms with Crippen LogP contribution in [-0.2, 0) is 4.74 Å². The second-order valence-electron chi connectivity index (χ2n) is 4.46. The Morgan fingerprint density at radius 3 is 2.43 bits per heavy atom. The lowest BCUT2D eigenvalue weighted by atomic mass is 10.2. The summed E-state index contributed by atoms with van der Waals surface area (Å²) in [5.74, 6) is -0.256. The number of ether oxygens (including phenoxy) is 3. The zero-order chi connectivity index (χ0) is 16.8. The van der Waals surface area contributed by atoms with Crippen LogP contribution >= 0.6 is 15.9 Å². The van der Waals surface area contributed by atoms with Crippen LogP contribution in [0.1, 0.15) is 27.6 Å². The summed E-state index contributed by atoms with van der Waals surface area (Å²) in [6.45, 7) is 2.03.